The average molecular weight is 160 g/mol. The van der Waals surface area contributed by atoms with Crippen LogP contribution in [0, 0.1) is 0 Å². The Morgan fingerprint density at radius 1 is 1.33 bits per heavy atom. The lowest BCUT2D eigenvalue weighted by Crippen LogP contribution is -2.36. The van der Waals surface area contributed by atoms with Crippen LogP contribution in [-0.4, -0.2) is 6.54 Å². The Kier molecular flexibility index (Phi) is 1.74. The first-order chi connectivity index (χ1) is 5.92. The summed E-state index contributed by atoms with van der Waals surface area (Å²) in [7, 11) is 0. The van der Waals surface area contributed by atoms with Crippen LogP contribution in [-0.2, 0) is 0 Å². The number of hydrogen-bond donors (Lipinski definition) is 1. The lowest BCUT2D eigenvalue weighted by atomic mass is 10.1. The Bertz CT molecular complexity index is 304. The average Bonchev–Trinajstić information content (AvgIpc) is 2.17. The molecule has 0 aliphatic carbocycles. The third-order valence-electron chi connectivity index (χ3n) is 2.04. The molecule has 0 bridgehead atoms. The second-order valence-electron chi connectivity index (χ2n) is 2.77. The summed E-state index contributed by atoms with van der Waals surface area (Å²) in [4.78, 5) is 0. The van der Waals surface area contributed by atoms with Gasteiger partial charge in [-0.1, -0.05) is 18.2 Å². The van der Waals surface area contributed by atoms with E-state index in [9.17, 15) is 0 Å². The number of rotatable bonds is 1. The maximum absolute atomic E-state index is 3.18. The van der Waals surface area contributed by atoms with E-state index in [1.54, 1.807) is 0 Å². The van der Waals surface area contributed by atoms with Gasteiger partial charge in [0.05, 0.1) is 5.69 Å². The molecule has 0 aromatic heterocycles. The highest BCUT2D eigenvalue weighted by Gasteiger charge is 2.08. The van der Waals surface area contributed by atoms with Crippen LogP contribution in [0.1, 0.15) is 12.5 Å². The minimum absolute atomic E-state index is 0.974. The molecular weight excluding hydrogens is 148 g/mol. The summed E-state index contributed by atoms with van der Waals surface area (Å²) in [5.74, 6) is 0. The Labute approximate surface area is 72.5 Å². The van der Waals surface area contributed by atoms with Crippen molar-refractivity contribution >= 4 is 11.8 Å². The van der Waals surface area contributed by atoms with Crippen molar-refractivity contribution in [2.24, 2.45) is 0 Å². The fraction of sp³-hybridized carbons (Fsp3) is 0.200. The van der Waals surface area contributed by atoms with Crippen LogP contribution in [0.5, 0.6) is 0 Å². The zero-order chi connectivity index (χ0) is 8.39. The Hall–Kier alpha value is -1.44. The summed E-state index contributed by atoms with van der Waals surface area (Å²) in [6.07, 6.45) is 4.05. The number of nitrogens with one attached hydrogen (secondary N) is 1. The van der Waals surface area contributed by atoms with Gasteiger partial charge in [0.15, 0.2) is 0 Å². The Morgan fingerprint density at radius 2 is 2.17 bits per heavy atom. The summed E-state index contributed by atoms with van der Waals surface area (Å²) < 4.78 is 0. The Balaban J connectivity index is 2.45. The van der Waals surface area contributed by atoms with Gasteiger partial charge in [-0.15, -0.1) is 0 Å². The van der Waals surface area contributed by atoms with E-state index in [4.69, 9.17) is 0 Å². The summed E-state index contributed by atoms with van der Waals surface area (Å²) in [5.41, 5.74) is 5.71. The third-order valence-corrected chi connectivity index (χ3v) is 2.04. The molecule has 62 valence electrons. The van der Waals surface area contributed by atoms with Gasteiger partial charge in [0.1, 0.15) is 0 Å². The zero-order valence-electron chi connectivity index (χ0n) is 7.12. The highest BCUT2D eigenvalue weighted by atomic mass is 15.5. The summed E-state index contributed by atoms with van der Waals surface area (Å²) in [6, 6.07) is 8.36. The van der Waals surface area contributed by atoms with Crippen molar-refractivity contribution < 1.29 is 0 Å². The second-order valence-corrected chi connectivity index (χ2v) is 2.77. The topological polar surface area (TPSA) is 15.3 Å². The second kappa shape index (κ2) is 2.89. The highest BCUT2D eigenvalue weighted by Crippen LogP contribution is 2.22. The van der Waals surface area contributed by atoms with E-state index in [1.807, 2.05) is 6.20 Å². The number of hydrazine groups is 1. The van der Waals surface area contributed by atoms with E-state index < -0.39 is 0 Å². The van der Waals surface area contributed by atoms with E-state index in [1.165, 1.54) is 11.3 Å². The number of hydrogen-bond acceptors (Lipinski definition) is 2. The molecule has 1 aromatic carbocycles. The van der Waals surface area contributed by atoms with Crippen LogP contribution in [0.15, 0.2) is 30.5 Å². The lowest BCUT2D eigenvalue weighted by Gasteiger charge is -2.27. The molecule has 1 aliphatic rings. The first-order valence-corrected chi connectivity index (χ1v) is 4.21. The van der Waals surface area contributed by atoms with Crippen molar-refractivity contribution in [3.8, 4) is 0 Å². The molecule has 12 heavy (non-hydrogen) atoms. The van der Waals surface area contributed by atoms with Crippen molar-refractivity contribution in [3.63, 3.8) is 0 Å². The third kappa shape index (κ3) is 1.05. The normalized spacial score (nSPS) is 13.9. The minimum atomic E-state index is 0.974. The van der Waals surface area contributed by atoms with E-state index in [-0.39, 0.29) is 0 Å². The van der Waals surface area contributed by atoms with Crippen molar-refractivity contribution in [1.82, 2.24) is 5.43 Å². The van der Waals surface area contributed by atoms with Gasteiger partial charge in [0.25, 0.3) is 0 Å². The molecule has 0 radical (unpaired) electrons. The van der Waals surface area contributed by atoms with Gasteiger partial charge in [-0.2, -0.15) is 0 Å². The molecule has 2 rings (SSSR count). The van der Waals surface area contributed by atoms with Gasteiger partial charge < -0.3 is 5.43 Å². The number of para-hydroxylation sites is 1. The van der Waals surface area contributed by atoms with Gasteiger partial charge in [-0.05, 0) is 19.1 Å². The highest BCUT2D eigenvalue weighted by molar-refractivity contribution is 5.69. The maximum Gasteiger partial charge on any atom is 0.0644 e. The summed E-state index contributed by atoms with van der Waals surface area (Å²) in [5, 5.41) is 2.12. The molecule has 1 aliphatic heterocycles. The fourth-order valence-electron chi connectivity index (χ4n) is 1.42. The molecule has 0 unspecified atom stereocenters. The molecule has 0 spiro atoms. The molecule has 0 saturated carbocycles. The van der Waals surface area contributed by atoms with Crippen LogP contribution in [0.2, 0.25) is 0 Å². The standard InChI is InChI=1S/C10H12N2/c1-2-12-10-6-4-3-5-9(10)7-8-11-12/h3-8,11H,2H2,1H3. The molecule has 0 atom stereocenters. The molecule has 1 aromatic rings. The first kappa shape index (κ1) is 7.22. The largest absolute Gasteiger partial charge is 0.306 e. The zero-order valence-corrected chi connectivity index (χ0v) is 7.12. The lowest BCUT2D eigenvalue weighted by molar-refractivity contribution is 0.757. The first-order valence-electron chi connectivity index (χ1n) is 4.21. The SMILES string of the molecule is CCN1NC=Cc2ccccc21. The fourth-order valence-corrected chi connectivity index (χ4v) is 1.42. The van der Waals surface area contributed by atoms with E-state index in [0.717, 1.165) is 6.54 Å². The smallest absolute Gasteiger partial charge is 0.0644 e. The molecule has 0 fully saturated rings. The van der Waals surface area contributed by atoms with E-state index >= 15 is 0 Å². The van der Waals surface area contributed by atoms with Gasteiger partial charge in [0.2, 0.25) is 0 Å². The number of fused-ring (bicyclic) bond motifs is 1. The predicted octanol–water partition coefficient (Wildman–Crippen LogP) is 2.00. The number of nitrogens with zero attached hydrogens (tertiary/aromatic N) is 1. The number of anilines is 1. The molecular formula is C10H12N2. The molecule has 2 nitrogen and oxygen atoms in total. The Morgan fingerprint density at radius 3 is 3.00 bits per heavy atom. The number of benzene rings is 1. The van der Waals surface area contributed by atoms with E-state index in [2.05, 4.69) is 47.7 Å². The van der Waals surface area contributed by atoms with Gasteiger partial charge in [0, 0.05) is 18.3 Å². The quantitative estimate of drug-likeness (QED) is 0.676. The monoisotopic (exact) mass is 160 g/mol. The van der Waals surface area contributed by atoms with Crippen LogP contribution in [0.25, 0.3) is 6.08 Å². The maximum atomic E-state index is 3.18. The van der Waals surface area contributed by atoms with Crippen LogP contribution >= 0.6 is 0 Å². The minimum Gasteiger partial charge on any atom is -0.306 e. The van der Waals surface area contributed by atoms with Crippen LogP contribution in [0.4, 0.5) is 5.69 Å². The summed E-state index contributed by atoms with van der Waals surface area (Å²) >= 11 is 0. The van der Waals surface area contributed by atoms with E-state index in [0.29, 0.717) is 0 Å². The van der Waals surface area contributed by atoms with Crippen molar-refractivity contribution in [1.29, 1.82) is 0 Å². The van der Waals surface area contributed by atoms with Crippen LogP contribution in [0.3, 0.4) is 0 Å². The molecule has 0 amide bonds. The van der Waals surface area contributed by atoms with Gasteiger partial charge in [-0.3, -0.25) is 5.01 Å². The van der Waals surface area contributed by atoms with Crippen molar-refractivity contribution in [3.05, 3.63) is 36.0 Å². The molecule has 1 N–H and O–H groups in total. The van der Waals surface area contributed by atoms with Crippen molar-refractivity contribution in [2.45, 2.75) is 6.92 Å². The van der Waals surface area contributed by atoms with Crippen LogP contribution < -0.4 is 10.4 Å². The van der Waals surface area contributed by atoms with Crippen molar-refractivity contribution in [2.75, 3.05) is 11.6 Å². The molecule has 1 heterocycles. The molecule has 0 saturated heterocycles. The molecule has 2 heteroatoms. The van der Waals surface area contributed by atoms with Gasteiger partial charge >= 0.3 is 0 Å². The summed E-state index contributed by atoms with van der Waals surface area (Å²) in [6.45, 7) is 3.10. The predicted molar refractivity (Wildman–Crippen MR) is 51.6 cm³/mol. The van der Waals surface area contributed by atoms with Gasteiger partial charge in [-0.25, -0.2) is 0 Å².